The van der Waals surface area contributed by atoms with Crippen molar-refractivity contribution in [2.45, 2.75) is 32.4 Å². The molecule has 1 unspecified atom stereocenters. The van der Waals surface area contributed by atoms with Crippen LogP contribution in [0, 0.1) is 0 Å². The minimum Gasteiger partial charge on any atom is -0.383 e. The molecule has 0 saturated carbocycles. The molecule has 0 aliphatic heterocycles. The number of ether oxygens (including phenoxy) is 1. The zero-order valence-electron chi connectivity index (χ0n) is 12.1. The Balaban J connectivity index is 2.80. The molecular formula is C15H24N2O2. The van der Waals surface area contributed by atoms with E-state index in [1.165, 1.54) is 0 Å². The van der Waals surface area contributed by atoms with Gasteiger partial charge in [0.1, 0.15) is 0 Å². The van der Waals surface area contributed by atoms with Crippen LogP contribution in [0.2, 0.25) is 0 Å². The lowest BCUT2D eigenvalue weighted by Crippen LogP contribution is -2.53. The first-order chi connectivity index (χ1) is 9.01. The van der Waals surface area contributed by atoms with Crippen molar-refractivity contribution >= 4 is 5.91 Å². The molecule has 106 valence electrons. The van der Waals surface area contributed by atoms with Crippen LogP contribution in [0.3, 0.4) is 0 Å². The summed E-state index contributed by atoms with van der Waals surface area (Å²) in [5, 5.41) is 0. The Morgan fingerprint density at radius 2 is 2.00 bits per heavy atom. The molecular weight excluding hydrogens is 240 g/mol. The van der Waals surface area contributed by atoms with E-state index in [0.717, 1.165) is 5.56 Å². The van der Waals surface area contributed by atoms with Crippen LogP contribution >= 0.6 is 0 Å². The molecule has 1 atom stereocenters. The second-order valence-corrected chi connectivity index (χ2v) is 4.98. The van der Waals surface area contributed by atoms with E-state index in [9.17, 15) is 4.79 Å². The van der Waals surface area contributed by atoms with Gasteiger partial charge >= 0.3 is 0 Å². The molecule has 0 spiro atoms. The number of carbonyl (C=O) groups excluding carboxylic acids is 1. The highest BCUT2D eigenvalue weighted by molar-refractivity contribution is 5.85. The summed E-state index contributed by atoms with van der Waals surface area (Å²) in [4.78, 5) is 14.2. The maximum atomic E-state index is 12.5. The Morgan fingerprint density at radius 1 is 1.37 bits per heavy atom. The van der Waals surface area contributed by atoms with Crippen molar-refractivity contribution in [3.05, 3.63) is 35.9 Å². The van der Waals surface area contributed by atoms with Gasteiger partial charge in [0.25, 0.3) is 0 Å². The highest BCUT2D eigenvalue weighted by atomic mass is 16.5. The maximum absolute atomic E-state index is 12.5. The molecule has 1 aromatic carbocycles. The summed E-state index contributed by atoms with van der Waals surface area (Å²) >= 11 is 0. The van der Waals surface area contributed by atoms with Crippen LogP contribution in [-0.2, 0) is 16.1 Å². The van der Waals surface area contributed by atoms with Crippen LogP contribution in [0.15, 0.2) is 30.3 Å². The van der Waals surface area contributed by atoms with E-state index in [0.29, 0.717) is 26.1 Å². The number of rotatable bonds is 7. The summed E-state index contributed by atoms with van der Waals surface area (Å²) < 4.78 is 5.07. The van der Waals surface area contributed by atoms with E-state index in [1.54, 1.807) is 18.9 Å². The van der Waals surface area contributed by atoms with Gasteiger partial charge in [0, 0.05) is 20.2 Å². The van der Waals surface area contributed by atoms with Crippen molar-refractivity contribution < 1.29 is 9.53 Å². The molecule has 4 heteroatoms. The van der Waals surface area contributed by atoms with Gasteiger partial charge in [-0.1, -0.05) is 37.3 Å². The van der Waals surface area contributed by atoms with E-state index in [1.807, 2.05) is 37.3 Å². The molecule has 0 fully saturated rings. The minimum atomic E-state index is -0.817. The second kappa shape index (κ2) is 7.26. The zero-order valence-corrected chi connectivity index (χ0v) is 12.1. The molecule has 2 N–H and O–H groups in total. The fraction of sp³-hybridized carbons (Fsp3) is 0.533. The largest absolute Gasteiger partial charge is 0.383 e. The summed E-state index contributed by atoms with van der Waals surface area (Å²) in [5.41, 5.74) is 6.33. The topological polar surface area (TPSA) is 55.6 Å². The lowest BCUT2D eigenvalue weighted by molar-refractivity contribution is -0.137. The van der Waals surface area contributed by atoms with E-state index in [-0.39, 0.29) is 5.91 Å². The normalized spacial score (nSPS) is 13.9. The minimum absolute atomic E-state index is 0.0316. The Kier molecular flexibility index (Phi) is 5.99. The Morgan fingerprint density at radius 3 is 2.53 bits per heavy atom. The van der Waals surface area contributed by atoms with Crippen LogP contribution < -0.4 is 5.73 Å². The SMILES string of the molecule is CCC(C)(N)C(=O)N(CCOC)Cc1ccccc1. The molecule has 0 saturated heterocycles. The van der Waals surface area contributed by atoms with Crippen molar-refractivity contribution in [3.8, 4) is 0 Å². The van der Waals surface area contributed by atoms with Gasteiger partial charge in [-0.25, -0.2) is 0 Å². The van der Waals surface area contributed by atoms with Crippen molar-refractivity contribution in [2.75, 3.05) is 20.3 Å². The van der Waals surface area contributed by atoms with Gasteiger partial charge in [0.15, 0.2) is 0 Å². The van der Waals surface area contributed by atoms with Gasteiger partial charge in [-0.15, -0.1) is 0 Å². The predicted octanol–water partition coefficient (Wildman–Crippen LogP) is 1.79. The van der Waals surface area contributed by atoms with Gasteiger partial charge in [0.05, 0.1) is 12.1 Å². The lowest BCUT2D eigenvalue weighted by atomic mass is 9.98. The fourth-order valence-electron chi connectivity index (χ4n) is 1.77. The van der Waals surface area contributed by atoms with Crippen LogP contribution in [0.5, 0.6) is 0 Å². The molecule has 0 bridgehead atoms. The van der Waals surface area contributed by atoms with E-state index < -0.39 is 5.54 Å². The summed E-state index contributed by atoms with van der Waals surface area (Å²) in [7, 11) is 1.63. The number of benzene rings is 1. The van der Waals surface area contributed by atoms with Crippen LogP contribution in [0.1, 0.15) is 25.8 Å². The van der Waals surface area contributed by atoms with Gasteiger partial charge < -0.3 is 15.4 Å². The standard InChI is InChI=1S/C15H24N2O2/c1-4-15(2,16)14(18)17(10-11-19-3)12-13-8-6-5-7-9-13/h5-9H,4,10-12,16H2,1-3H3. The molecule has 1 aromatic rings. The molecule has 0 radical (unpaired) electrons. The maximum Gasteiger partial charge on any atom is 0.242 e. The predicted molar refractivity (Wildman–Crippen MR) is 76.6 cm³/mol. The summed E-state index contributed by atoms with van der Waals surface area (Å²) in [6.45, 7) is 5.33. The van der Waals surface area contributed by atoms with Crippen molar-refractivity contribution in [1.82, 2.24) is 4.90 Å². The van der Waals surface area contributed by atoms with Crippen LogP contribution in [0.25, 0.3) is 0 Å². The molecule has 0 heterocycles. The zero-order chi connectivity index (χ0) is 14.3. The summed E-state index contributed by atoms with van der Waals surface area (Å²) in [5.74, 6) is -0.0316. The smallest absolute Gasteiger partial charge is 0.242 e. The van der Waals surface area contributed by atoms with E-state index in [2.05, 4.69) is 0 Å². The van der Waals surface area contributed by atoms with Gasteiger partial charge in [0.2, 0.25) is 5.91 Å². The molecule has 19 heavy (non-hydrogen) atoms. The first kappa shape index (κ1) is 15.7. The number of nitrogens with two attached hydrogens (primary N) is 1. The van der Waals surface area contributed by atoms with Crippen LogP contribution in [-0.4, -0.2) is 36.6 Å². The number of amides is 1. The quantitative estimate of drug-likeness (QED) is 0.817. The first-order valence-electron chi connectivity index (χ1n) is 6.62. The molecule has 0 aromatic heterocycles. The summed E-state index contributed by atoms with van der Waals surface area (Å²) in [6.07, 6.45) is 0.615. The monoisotopic (exact) mass is 264 g/mol. The Bertz CT molecular complexity index is 390. The number of hydrogen-bond donors (Lipinski definition) is 1. The molecule has 1 amide bonds. The average molecular weight is 264 g/mol. The Labute approximate surface area is 115 Å². The second-order valence-electron chi connectivity index (χ2n) is 4.98. The van der Waals surface area contributed by atoms with E-state index >= 15 is 0 Å². The van der Waals surface area contributed by atoms with Gasteiger partial charge in [-0.2, -0.15) is 0 Å². The average Bonchev–Trinajstić information content (AvgIpc) is 2.43. The fourth-order valence-corrected chi connectivity index (χ4v) is 1.77. The number of methoxy groups -OCH3 is 1. The lowest BCUT2D eigenvalue weighted by Gasteiger charge is -2.31. The highest BCUT2D eigenvalue weighted by Crippen LogP contribution is 2.13. The van der Waals surface area contributed by atoms with Crippen molar-refractivity contribution in [1.29, 1.82) is 0 Å². The third-order valence-electron chi connectivity index (χ3n) is 3.29. The third kappa shape index (κ3) is 4.65. The molecule has 1 rings (SSSR count). The van der Waals surface area contributed by atoms with E-state index in [4.69, 9.17) is 10.5 Å². The number of hydrogen-bond acceptors (Lipinski definition) is 3. The molecule has 4 nitrogen and oxygen atoms in total. The Hall–Kier alpha value is -1.39. The summed E-state index contributed by atoms with van der Waals surface area (Å²) in [6, 6.07) is 9.91. The number of nitrogens with zero attached hydrogens (tertiary/aromatic N) is 1. The van der Waals surface area contributed by atoms with Crippen molar-refractivity contribution in [3.63, 3.8) is 0 Å². The van der Waals surface area contributed by atoms with Gasteiger partial charge in [-0.05, 0) is 18.9 Å². The van der Waals surface area contributed by atoms with Gasteiger partial charge in [-0.3, -0.25) is 4.79 Å². The molecule has 0 aliphatic rings. The van der Waals surface area contributed by atoms with Crippen molar-refractivity contribution in [2.24, 2.45) is 5.73 Å². The van der Waals surface area contributed by atoms with Crippen LogP contribution in [0.4, 0.5) is 0 Å². The third-order valence-corrected chi connectivity index (χ3v) is 3.29. The molecule has 0 aliphatic carbocycles. The first-order valence-corrected chi connectivity index (χ1v) is 6.62. The highest BCUT2D eigenvalue weighted by Gasteiger charge is 2.30. The number of carbonyl (C=O) groups is 1.